The van der Waals surface area contributed by atoms with E-state index in [0.717, 1.165) is 3.57 Å². The summed E-state index contributed by atoms with van der Waals surface area (Å²) in [5.74, 6) is -0.984. The first-order valence-electron chi connectivity index (χ1n) is 8.05. The molecule has 0 saturated carbocycles. The van der Waals surface area contributed by atoms with E-state index in [1.54, 1.807) is 7.05 Å². The van der Waals surface area contributed by atoms with Crippen molar-refractivity contribution < 1.29 is 35.5 Å². The molecule has 2 N–H and O–H groups in total. The van der Waals surface area contributed by atoms with Crippen molar-refractivity contribution in [3.63, 3.8) is 0 Å². The Labute approximate surface area is 185 Å². The maximum absolute atomic E-state index is 14.2. The molecule has 2 aromatic rings. The van der Waals surface area contributed by atoms with Crippen molar-refractivity contribution in [3.05, 3.63) is 55.6 Å². The van der Waals surface area contributed by atoms with Crippen LogP contribution in [0.15, 0.2) is 30.3 Å². The molecule has 0 aliphatic rings. The highest BCUT2D eigenvalue weighted by Gasteiger charge is 2.54. The lowest BCUT2D eigenvalue weighted by Crippen LogP contribution is -2.35. The van der Waals surface area contributed by atoms with Gasteiger partial charge in [0.05, 0.1) is 16.3 Å². The lowest BCUT2D eigenvalue weighted by atomic mass is 9.94. The molecule has 0 saturated heterocycles. The molecule has 0 bridgehead atoms. The van der Waals surface area contributed by atoms with E-state index in [2.05, 4.69) is 5.32 Å². The normalized spacial score (nSPS) is 14.2. The summed E-state index contributed by atoms with van der Waals surface area (Å²) in [6.07, 6.45) is -10.7. The highest BCUT2D eigenvalue weighted by Crippen LogP contribution is 2.47. The number of nitrogens with one attached hydrogen (secondary N) is 2. The molecule has 30 heavy (non-hydrogen) atoms. The summed E-state index contributed by atoms with van der Waals surface area (Å²) in [4.78, 5) is 12.4. The molecule has 0 aliphatic heterocycles. The molecule has 0 fully saturated rings. The molecule has 1 amide bonds. The predicted octanol–water partition coefficient (Wildman–Crippen LogP) is 7.00. The molecule has 1 unspecified atom stereocenters. The van der Waals surface area contributed by atoms with Crippen LogP contribution in [0.4, 0.5) is 42.1 Å². The lowest BCUT2D eigenvalue weighted by molar-refractivity contribution is -0.228. The molecule has 0 radical (unpaired) electrons. The van der Waals surface area contributed by atoms with Gasteiger partial charge < -0.3 is 10.6 Å². The predicted molar refractivity (Wildman–Crippen MR) is 108 cm³/mol. The minimum Gasteiger partial charge on any atom is -0.387 e. The van der Waals surface area contributed by atoms with Crippen LogP contribution in [-0.4, -0.2) is 19.1 Å². The van der Waals surface area contributed by atoms with Crippen LogP contribution in [0.2, 0.25) is 5.02 Å². The van der Waals surface area contributed by atoms with Gasteiger partial charge in [0.15, 0.2) is 0 Å². The number of alkyl halides is 7. The summed E-state index contributed by atoms with van der Waals surface area (Å²) in [7, 11) is 1.57. The molecule has 0 spiro atoms. The van der Waals surface area contributed by atoms with Gasteiger partial charge in [-0.25, -0.2) is 4.39 Å². The second kappa shape index (κ2) is 8.40. The number of carbonyl (C=O) groups excluding carboxylic acids is 1. The second-order valence-electron chi connectivity index (χ2n) is 6.28. The second-order valence-corrected chi connectivity index (χ2v) is 7.85. The van der Waals surface area contributed by atoms with E-state index in [1.165, 1.54) is 18.2 Å². The third-order valence-electron chi connectivity index (χ3n) is 4.21. The van der Waals surface area contributed by atoms with E-state index >= 15 is 0 Å². The standard InChI is InChI=1S/C18H13ClF7IN2O/c1-16(20,18(24,25)26)9-6-10(17(21,22)23)14(11(19)7-9)29-15(30)8-3-4-12(27)13(5-8)28-2/h3-7,28H,1-2H3,(H,29,30). The first kappa shape index (κ1) is 24.5. The zero-order valence-electron chi connectivity index (χ0n) is 15.2. The molecule has 164 valence electrons. The third-order valence-corrected chi connectivity index (χ3v) is 5.45. The maximum atomic E-state index is 14.2. The van der Waals surface area contributed by atoms with Gasteiger partial charge in [-0.3, -0.25) is 4.79 Å². The first-order chi connectivity index (χ1) is 13.6. The topological polar surface area (TPSA) is 41.1 Å². The van der Waals surface area contributed by atoms with Crippen LogP contribution in [0, 0.1) is 3.57 Å². The number of anilines is 2. The minimum atomic E-state index is -5.48. The summed E-state index contributed by atoms with van der Waals surface area (Å²) in [5, 5.41) is 3.87. The Bertz CT molecular complexity index is 974. The Morgan fingerprint density at radius 2 is 1.63 bits per heavy atom. The summed E-state index contributed by atoms with van der Waals surface area (Å²) >= 11 is 7.72. The molecule has 3 nitrogen and oxygen atoms in total. The van der Waals surface area contributed by atoms with E-state index in [4.69, 9.17) is 11.6 Å². The Morgan fingerprint density at radius 3 is 2.13 bits per heavy atom. The van der Waals surface area contributed by atoms with Crippen LogP contribution in [0.5, 0.6) is 0 Å². The fraction of sp³-hybridized carbons (Fsp3) is 0.278. The van der Waals surface area contributed by atoms with E-state index in [0.29, 0.717) is 11.8 Å². The molecule has 2 aromatic carbocycles. The highest BCUT2D eigenvalue weighted by atomic mass is 127. The summed E-state index contributed by atoms with van der Waals surface area (Å²) in [6.45, 7) is 0.0853. The Hall–Kier alpha value is -1.76. The zero-order valence-corrected chi connectivity index (χ0v) is 18.1. The van der Waals surface area contributed by atoms with Gasteiger partial charge in [0, 0.05) is 27.4 Å². The number of amides is 1. The molecule has 12 heteroatoms. The van der Waals surface area contributed by atoms with Crippen molar-refractivity contribution in [2.75, 3.05) is 17.7 Å². The van der Waals surface area contributed by atoms with Gasteiger partial charge in [0.25, 0.3) is 5.91 Å². The van der Waals surface area contributed by atoms with Crippen LogP contribution < -0.4 is 10.6 Å². The Morgan fingerprint density at radius 1 is 1.03 bits per heavy atom. The van der Waals surface area contributed by atoms with Gasteiger partial charge in [-0.15, -0.1) is 0 Å². The maximum Gasteiger partial charge on any atom is 0.426 e. The van der Waals surface area contributed by atoms with Gasteiger partial charge in [0.2, 0.25) is 5.67 Å². The van der Waals surface area contributed by atoms with Crippen LogP contribution >= 0.6 is 34.2 Å². The van der Waals surface area contributed by atoms with Crippen molar-refractivity contribution in [2.24, 2.45) is 0 Å². The van der Waals surface area contributed by atoms with Crippen molar-refractivity contribution in [2.45, 2.75) is 24.9 Å². The molecular formula is C18H13ClF7IN2O. The number of halogens is 9. The average Bonchev–Trinajstić information content (AvgIpc) is 2.61. The molecule has 0 heterocycles. The number of hydrogen-bond acceptors (Lipinski definition) is 2. The fourth-order valence-corrected chi connectivity index (χ4v) is 3.31. The first-order valence-corrected chi connectivity index (χ1v) is 9.50. The Kier molecular flexibility index (Phi) is 6.87. The van der Waals surface area contributed by atoms with Gasteiger partial charge in [-0.05, 0) is 59.8 Å². The summed E-state index contributed by atoms with van der Waals surface area (Å²) < 4.78 is 94.2. The van der Waals surface area contributed by atoms with Gasteiger partial charge in [0.1, 0.15) is 0 Å². The monoisotopic (exact) mass is 568 g/mol. The van der Waals surface area contributed by atoms with Crippen LogP contribution in [0.3, 0.4) is 0 Å². The third kappa shape index (κ3) is 4.93. The van der Waals surface area contributed by atoms with Crippen LogP contribution in [0.1, 0.15) is 28.4 Å². The van der Waals surface area contributed by atoms with E-state index < -0.39 is 45.8 Å². The van der Waals surface area contributed by atoms with Crippen molar-refractivity contribution in [1.82, 2.24) is 0 Å². The summed E-state index contributed by atoms with van der Waals surface area (Å²) in [5.41, 5.74) is -7.60. The van der Waals surface area contributed by atoms with Crippen LogP contribution in [0.25, 0.3) is 0 Å². The molecule has 1 atom stereocenters. The molecule has 2 rings (SSSR count). The number of hydrogen-bond donors (Lipinski definition) is 2. The molecule has 0 aliphatic carbocycles. The largest absolute Gasteiger partial charge is 0.426 e. The highest BCUT2D eigenvalue weighted by molar-refractivity contribution is 14.1. The molecular weight excluding hydrogens is 556 g/mol. The quantitative estimate of drug-likeness (QED) is 0.308. The van der Waals surface area contributed by atoms with Gasteiger partial charge >= 0.3 is 12.4 Å². The van der Waals surface area contributed by atoms with E-state index in [9.17, 15) is 35.5 Å². The Balaban J connectivity index is 2.56. The number of benzene rings is 2. The number of carbonyl (C=O) groups is 1. The van der Waals surface area contributed by atoms with Crippen LogP contribution in [-0.2, 0) is 11.8 Å². The van der Waals surface area contributed by atoms with Crippen molar-refractivity contribution in [1.29, 1.82) is 0 Å². The number of rotatable bonds is 4. The minimum absolute atomic E-state index is 0.0120. The smallest absolute Gasteiger partial charge is 0.387 e. The van der Waals surface area contributed by atoms with Gasteiger partial charge in [-0.1, -0.05) is 11.6 Å². The van der Waals surface area contributed by atoms with Crippen molar-refractivity contribution >= 4 is 51.5 Å². The SMILES string of the molecule is CNc1cc(C(=O)Nc2c(Cl)cc(C(C)(F)C(F)(F)F)cc2C(F)(F)F)ccc1I. The molecule has 0 aromatic heterocycles. The zero-order chi connectivity index (χ0) is 23.1. The lowest BCUT2D eigenvalue weighted by Gasteiger charge is -2.26. The van der Waals surface area contributed by atoms with Gasteiger partial charge in [-0.2, -0.15) is 26.3 Å². The van der Waals surface area contributed by atoms with E-state index in [1.807, 2.05) is 27.9 Å². The fourth-order valence-electron chi connectivity index (χ4n) is 2.44. The van der Waals surface area contributed by atoms with Crippen molar-refractivity contribution in [3.8, 4) is 0 Å². The summed E-state index contributed by atoms with van der Waals surface area (Å²) in [6, 6.07) is 4.65. The average molecular weight is 569 g/mol. The van der Waals surface area contributed by atoms with E-state index in [-0.39, 0.29) is 18.6 Å².